The molecule has 0 aliphatic rings. The summed E-state index contributed by atoms with van der Waals surface area (Å²) in [4.78, 5) is 4.64. The molecule has 3 rings (SSSR count). The highest BCUT2D eigenvalue weighted by molar-refractivity contribution is 7.19. The first-order valence-electron chi connectivity index (χ1n) is 6.44. The van der Waals surface area contributed by atoms with Gasteiger partial charge in [-0.1, -0.05) is 24.3 Å². The van der Waals surface area contributed by atoms with Crippen LogP contribution in [0.25, 0.3) is 22.4 Å². The minimum atomic E-state index is 0.876. The SMILES string of the molecule is COc1ccccc1/C=C/c1nc2cc(C)ccc2s1. The zero-order valence-electron chi connectivity index (χ0n) is 11.5. The molecule has 3 heteroatoms. The summed E-state index contributed by atoms with van der Waals surface area (Å²) in [5.41, 5.74) is 3.36. The Balaban J connectivity index is 1.94. The normalized spacial score (nSPS) is 11.3. The van der Waals surface area contributed by atoms with Gasteiger partial charge in [0, 0.05) is 5.56 Å². The fourth-order valence-corrected chi connectivity index (χ4v) is 2.94. The second kappa shape index (κ2) is 5.47. The van der Waals surface area contributed by atoms with E-state index in [9.17, 15) is 0 Å². The molecule has 2 aromatic carbocycles. The second-order valence-corrected chi connectivity index (χ2v) is 5.66. The Morgan fingerprint density at radius 3 is 2.80 bits per heavy atom. The van der Waals surface area contributed by atoms with E-state index in [1.54, 1.807) is 18.4 Å². The Kier molecular flexibility index (Phi) is 3.52. The molecule has 0 spiro atoms. The van der Waals surface area contributed by atoms with Gasteiger partial charge in [0.05, 0.1) is 17.3 Å². The number of fused-ring (bicyclic) bond motifs is 1. The number of aryl methyl sites for hydroxylation is 1. The molecular formula is C17H15NOS. The number of rotatable bonds is 3. The van der Waals surface area contributed by atoms with Gasteiger partial charge in [0.2, 0.25) is 0 Å². The van der Waals surface area contributed by atoms with Crippen LogP contribution in [0.1, 0.15) is 16.1 Å². The van der Waals surface area contributed by atoms with Gasteiger partial charge in [0.15, 0.2) is 0 Å². The lowest BCUT2D eigenvalue weighted by molar-refractivity contribution is 0.414. The number of hydrogen-bond acceptors (Lipinski definition) is 3. The van der Waals surface area contributed by atoms with Crippen LogP contribution in [0.4, 0.5) is 0 Å². The molecule has 0 aliphatic carbocycles. The molecule has 0 N–H and O–H groups in total. The van der Waals surface area contributed by atoms with Crippen LogP contribution in [0.3, 0.4) is 0 Å². The molecule has 0 saturated heterocycles. The molecule has 0 radical (unpaired) electrons. The second-order valence-electron chi connectivity index (χ2n) is 4.60. The van der Waals surface area contributed by atoms with Gasteiger partial charge < -0.3 is 4.74 Å². The highest BCUT2D eigenvalue weighted by Crippen LogP contribution is 2.25. The average molecular weight is 281 g/mol. The summed E-state index contributed by atoms with van der Waals surface area (Å²) in [6, 6.07) is 14.3. The number of aromatic nitrogens is 1. The van der Waals surface area contributed by atoms with E-state index >= 15 is 0 Å². The van der Waals surface area contributed by atoms with Gasteiger partial charge in [-0.2, -0.15) is 0 Å². The molecule has 20 heavy (non-hydrogen) atoms. The molecule has 1 heterocycles. The van der Waals surface area contributed by atoms with Crippen molar-refractivity contribution in [3.05, 3.63) is 58.6 Å². The van der Waals surface area contributed by atoms with Crippen molar-refractivity contribution < 1.29 is 4.74 Å². The minimum absolute atomic E-state index is 0.876. The summed E-state index contributed by atoms with van der Waals surface area (Å²) in [6.45, 7) is 2.09. The van der Waals surface area contributed by atoms with E-state index in [4.69, 9.17) is 4.74 Å². The first-order chi connectivity index (χ1) is 9.76. The van der Waals surface area contributed by atoms with E-state index in [2.05, 4.69) is 30.1 Å². The fraction of sp³-hybridized carbons (Fsp3) is 0.118. The molecule has 0 unspecified atom stereocenters. The minimum Gasteiger partial charge on any atom is -0.496 e. The van der Waals surface area contributed by atoms with Crippen molar-refractivity contribution >= 4 is 33.7 Å². The fourth-order valence-electron chi connectivity index (χ4n) is 2.09. The Hall–Kier alpha value is -2.13. The van der Waals surface area contributed by atoms with E-state index in [1.807, 2.05) is 36.4 Å². The van der Waals surface area contributed by atoms with Gasteiger partial charge in [-0.05, 0) is 42.8 Å². The quantitative estimate of drug-likeness (QED) is 0.689. The summed E-state index contributed by atoms with van der Waals surface area (Å²) >= 11 is 1.70. The van der Waals surface area contributed by atoms with Crippen LogP contribution in [-0.2, 0) is 0 Å². The van der Waals surface area contributed by atoms with Crippen LogP contribution in [0, 0.1) is 6.92 Å². The monoisotopic (exact) mass is 281 g/mol. The Bertz CT molecular complexity index is 774. The number of hydrogen-bond donors (Lipinski definition) is 0. The molecule has 0 fully saturated rings. The molecule has 3 aromatic rings. The highest BCUT2D eigenvalue weighted by atomic mass is 32.1. The molecule has 2 nitrogen and oxygen atoms in total. The van der Waals surface area contributed by atoms with Crippen molar-refractivity contribution in [2.75, 3.05) is 7.11 Å². The summed E-state index contributed by atoms with van der Waals surface area (Å²) in [5, 5.41) is 1.01. The van der Waals surface area contributed by atoms with Crippen LogP contribution in [0.2, 0.25) is 0 Å². The molecule has 0 bridgehead atoms. The van der Waals surface area contributed by atoms with E-state index in [1.165, 1.54) is 10.3 Å². The lowest BCUT2D eigenvalue weighted by Gasteiger charge is -2.02. The number of benzene rings is 2. The zero-order valence-corrected chi connectivity index (χ0v) is 12.3. The number of methoxy groups -OCH3 is 1. The smallest absolute Gasteiger partial charge is 0.126 e. The lowest BCUT2D eigenvalue weighted by atomic mass is 10.2. The van der Waals surface area contributed by atoms with Crippen LogP contribution in [0.5, 0.6) is 5.75 Å². The Morgan fingerprint density at radius 2 is 1.95 bits per heavy atom. The van der Waals surface area contributed by atoms with Crippen LogP contribution < -0.4 is 4.74 Å². The van der Waals surface area contributed by atoms with Crippen molar-refractivity contribution in [2.45, 2.75) is 6.92 Å². The number of thiazole rings is 1. The summed E-state index contributed by atoms with van der Waals surface area (Å²) in [7, 11) is 1.69. The molecule has 0 amide bonds. The maximum atomic E-state index is 5.34. The van der Waals surface area contributed by atoms with Gasteiger partial charge in [0.1, 0.15) is 10.8 Å². The Labute approximate surface area is 122 Å². The molecule has 100 valence electrons. The van der Waals surface area contributed by atoms with Crippen LogP contribution in [-0.4, -0.2) is 12.1 Å². The molecule has 1 aromatic heterocycles. The van der Waals surface area contributed by atoms with Crippen molar-refractivity contribution in [1.82, 2.24) is 4.98 Å². The van der Waals surface area contributed by atoms with Gasteiger partial charge in [-0.15, -0.1) is 11.3 Å². The maximum absolute atomic E-state index is 5.34. The topological polar surface area (TPSA) is 22.1 Å². The number of ether oxygens (including phenoxy) is 1. The predicted octanol–water partition coefficient (Wildman–Crippen LogP) is 4.78. The molecule has 0 atom stereocenters. The average Bonchev–Trinajstić information content (AvgIpc) is 2.87. The van der Waals surface area contributed by atoms with Crippen molar-refractivity contribution in [2.24, 2.45) is 0 Å². The zero-order chi connectivity index (χ0) is 13.9. The van der Waals surface area contributed by atoms with Gasteiger partial charge in [-0.3, -0.25) is 0 Å². The van der Waals surface area contributed by atoms with Gasteiger partial charge in [-0.25, -0.2) is 4.98 Å². The summed E-state index contributed by atoms with van der Waals surface area (Å²) in [6.07, 6.45) is 4.08. The van der Waals surface area contributed by atoms with Crippen molar-refractivity contribution in [3.63, 3.8) is 0 Å². The van der Waals surface area contributed by atoms with E-state index in [-0.39, 0.29) is 0 Å². The van der Waals surface area contributed by atoms with Gasteiger partial charge in [0.25, 0.3) is 0 Å². The van der Waals surface area contributed by atoms with E-state index < -0.39 is 0 Å². The third-order valence-corrected chi connectivity index (χ3v) is 4.11. The third-order valence-electron chi connectivity index (χ3n) is 3.10. The molecule has 0 saturated carbocycles. The molecule has 0 aliphatic heterocycles. The van der Waals surface area contributed by atoms with Crippen molar-refractivity contribution in [1.29, 1.82) is 0 Å². The standard InChI is InChI=1S/C17H15NOS/c1-12-7-9-16-14(11-12)18-17(20-16)10-8-13-5-3-4-6-15(13)19-2/h3-11H,1-2H3/b10-8+. The maximum Gasteiger partial charge on any atom is 0.126 e. The van der Waals surface area contributed by atoms with E-state index in [0.29, 0.717) is 0 Å². The van der Waals surface area contributed by atoms with Crippen LogP contribution >= 0.6 is 11.3 Å². The number of nitrogens with zero attached hydrogens (tertiary/aromatic N) is 1. The highest BCUT2D eigenvalue weighted by Gasteiger charge is 2.02. The molecular weight excluding hydrogens is 266 g/mol. The van der Waals surface area contributed by atoms with Crippen molar-refractivity contribution in [3.8, 4) is 5.75 Å². The summed E-state index contributed by atoms with van der Waals surface area (Å²) in [5.74, 6) is 0.876. The number of para-hydroxylation sites is 1. The first-order valence-corrected chi connectivity index (χ1v) is 7.26. The largest absolute Gasteiger partial charge is 0.496 e. The van der Waals surface area contributed by atoms with Crippen LogP contribution in [0.15, 0.2) is 42.5 Å². The Morgan fingerprint density at radius 1 is 1.10 bits per heavy atom. The predicted molar refractivity (Wildman–Crippen MR) is 86.3 cm³/mol. The lowest BCUT2D eigenvalue weighted by Crippen LogP contribution is -1.85. The van der Waals surface area contributed by atoms with E-state index in [0.717, 1.165) is 21.8 Å². The first kappa shape index (κ1) is 12.9. The summed E-state index contributed by atoms with van der Waals surface area (Å²) < 4.78 is 6.56. The third kappa shape index (κ3) is 2.58. The van der Waals surface area contributed by atoms with Gasteiger partial charge >= 0.3 is 0 Å².